The Kier molecular flexibility index (Phi) is 9.26. The van der Waals surface area contributed by atoms with E-state index < -0.39 is 9.84 Å². The predicted molar refractivity (Wildman–Crippen MR) is 138 cm³/mol. The zero-order chi connectivity index (χ0) is 22.4. The first-order valence-corrected chi connectivity index (χ1v) is 12.0. The highest BCUT2D eigenvalue weighted by molar-refractivity contribution is 14.0. The van der Waals surface area contributed by atoms with E-state index in [9.17, 15) is 8.42 Å². The van der Waals surface area contributed by atoms with Crippen molar-refractivity contribution in [3.8, 4) is 11.5 Å². The van der Waals surface area contributed by atoms with Crippen LogP contribution in [0.1, 0.15) is 29.3 Å². The van der Waals surface area contributed by atoms with E-state index in [4.69, 9.17) is 4.42 Å². The van der Waals surface area contributed by atoms with Gasteiger partial charge in [-0.3, -0.25) is 0 Å². The molecule has 0 spiro atoms. The standard InChI is InChI=1S/C23H28N4O3S.HI/c1-5-24-23(25-13-18-8-11-21(17(3)12-18)31(4,28)29)26-14-20-15-30-22(27-20)19-9-6-16(2)7-10-19;/h6-12,15H,5,13-14H2,1-4H3,(H2,24,25,26);1H. The minimum atomic E-state index is -3.23. The maximum Gasteiger partial charge on any atom is 0.226 e. The summed E-state index contributed by atoms with van der Waals surface area (Å²) >= 11 is 0. The average Bonchev–Trinajstić information content (AvgIpc) is 3.19. The molecule has 2 aromatic carbocycles. The van der Waals surface area contributed by atoms with Gasteiger partial charge in [0.05, 0.1) is 23.7 Å². The van der Waals surface area contributed by atoms with Crippen molar-refractivity contribution in [1.82, 2.24) is 15.6 Å². The first kappa shape index (κ1) is 25.9. The highest BCUT2D eigenvalue weighted by Gasteiger charge is 2.11. The maximum absolute atomic E-state index is 11.8. The number of benzene rings is 2. The predicted octanol–water partition coefficient (Wildman–Crippen LogP) is 4.24. The number of aliphatic imine (C=N–C) groups is 1. The number of hydrogen-bond acceptors (Lipinski definition) is 5. The van der Waals surface area contributed by atoms with Crippen molar-refractivity contribution < 1.29 is 12.8 Å². The molecule has 3 rings (SSSR count). The molecule has 3 aromatic rings. The largest absolute Gasteiger partial charge is 0.444 e. The lowest BCUT2D eigenvalue weighted by atomic mass is 10.1. The normalized spacial score (nSPS) is 11.7. The number of hydrogen-bond donors (Lipinski definition) is 2. The van der Waals surface area contributed by atoms with Gasteiger partial charge >= 0.3 is 0 Å². The molecule has 0 amide bonds. The van der Waals surface area contributed by atoms with Gasteiger partial charge in [0.2, 0.25) is 5.89 Å². The molecule has 0 fully saturated rings. The van der Waals surface area contributed by atoms with Gasteiger partial charge < -0.3 is 15.1 Å². The van der Waals surface area contributed by atoms with Crippen molar-refractivity contribution in [2.75, 3.05) is 12.8 Å². The molecule has 0 saturated heterocycles. The fraction of sp³-hybridized carbons (Fsp3) is 0.304. The second-order valence-electron chi connectivity index (χ2n) is 7.43. The fourth-order valence-corrected chi connectivity index (χ4v) is 4.09. The van der Waals surface area contributed by atoms with E-state index in [1.165, 1.54) is 11.8 Å². The van der Waals surface area contributed by atoms with Crippen molar-refractivity contribution in [3.63, 3.8) is 0 Å². The van der Waals surface area contributed by atoms with Gasteiger partial charge in [0.25, 0.3) is 0 Å². The van der Waals surface area contributed by atoms with E-state index in [-0.39, 0.29) is 24.0 Å². The third kappa shape index (κ3) is 7.06. The van der Waals surface area contributed by atoms with Crippen LogP contribution in [-0.4, -0.2) is 32.2 Å². The van der Waals surface area contributed by atoms with E-state index in [2.05, 4.69) is 20.6 Å². The minimum absolute atomic E-state index is 0. The minimum Gasteiger partial charge on any atom is -0.444 e. The van der Waals surface area contributed by atoms with E-state index >= 15 is 0 Å². The molecule has 32 heavy (non-hydrogen) atoms. The van der Waals surface area contributed by atoms with Crippen molar-refractivity contribution in [3.05, 3.63) is 71.1 Å². The molecule has 0 radical (unpaired) electrons. The zero-order valence-corrected chi connectivity index (χ0v) is 21.8. The van der Waals surface area contributed by atoms with Crippen LogP contribution in [0, 0.1) is 13.8 Å². The van der Waals surface area contributed by atoms with Gasteiger partial charge in [0, 0.05) is 18.4 Å². The van der Waals surface area contributed by atoms with Crippen LogP contribution in [0.5, 0.6) is 0 Å². The lowest BCUT2D eigenvalue weighted by molar-refractivity contribution is 0.572. The number of nitrogens with zero attached hydrogens (tertiary/aromatic N) is 2. The summed E-state index contributed by atoms with van der Waals surface area (Å²) in [5.41, 5.74) is 4.55. The van der Waals surface area contributed by atoms with Gasteiger partial charge in [0.15, 0.2) is 15.8 Å². The Morgan fingerprint density at radius 2 is 1.81 bits per heavy atom. The molecule has 1 aromatic heterocycles. The number of sulfone groups is 1. The van der Waals surface area contributed by atoms with Gasteiger partial charge in [0.1, 0.15) is 6.26 Å². The van der Waals surface area contributed by atoms with Crippen LogP contribution >= 0.6 is 24.0 Å². The van der Waals surface area contributed by atoms with Gasteiger partial charge in [-0.15, -0.1) is 24.0 Å². The molecule has 0 aliphatic heterocycles. The van der Waals surface area contributed by atoms with Crippen LogP contribution < -0.4 is 10.6 Å². The Labute approximate surface area is 206 Å². The monoisotopic (exact) mass is 568 g/mol. The van der Waals surface area contributed by atoms with Crippen molar-refractivity contribution in [1.29, 1.82) is 0 Å². The van der Waals surface area contributed by atoms with E-state index in [1.807, 2.05) is 44.2 Å². The maximum atomic E-state index is 11.8. The van der Waals surface area contributed by atoms with Crippen LogP contribution in [0.4, 0.5) is 0 Å². The molecule has 0 aliphatic rings. The van der Waals surface area contributed by atoms with Crippen molar-refractivity contribution in [2.24, 2.45) is 4.99 Å². The lowest BCUT2D eigenvalue weighted by Crippen LogP contribution is -2.36. The molecule has 0 saturated carbocycles. The number of oxazole rings is 1. The van der Waals surface area contributed by atoms with Crippen molar-refractivity contribution in [2.45, 2.75) is 38.8 Å². The molecule has 1 heterocycles. The highest BCUT2D eigenvalue weighted by atomic mass is 127. The summed E-state index contributed by atoms with van der Waals surface area (Å²) in [6.07, 6.45) is 2.85. The molecule has 0 bridgehead atoms. The first-order valence-electron chi connectivity index (χ1n) is 10.1. The van der Waals surface area contributed by atoms with Gasteiger partial charge in [-0.05, 0) is 50.1 Å². The first-order chi connectivity index (χ1) is 14.8. The topological polar surface area (TPSA) is 96.6 Å². The molecule has 9 heteroatoms. The summed E-state index contributed by atoms with van der Waals surface area (Å²) in [7, 11) is -3.23. The third-order valence-electron chi connectivity index (χ3n) is 4.69. The van der Waals surface area contributed by atoms with Crippen LogP contribution in [0.15, 0.2) is 63.0 Å². The Morgan fingerprint density at radius 3 is 2.44 bits per heavy atom. The summed E-state index contributed by atoms with van der Waals surface area (Å²) in [6.45, 7) is 7.43. The van der Waals surface area contributed by atoms with Gasteiger partial charge in [-0.2, -0.15) is 0 Å². The molecule has 7 nitrogen and oxygen atoms in total. The number of halogens is 1. The Balaban J connectivity index is 0.00000363. The quantitative estimate of drug-likeness (QED) is 0.252. The number of nitrogens with one attached hydrogen (secondary N) is 2. The molecular formula is C23H29IN4O3S. The second-order valence-corrected chi connectivity index (χ2v) is 9.41. The molecule has 172 valence electrons. The molecule has 2 N–H and O–H groups in total. The summed E-state index contributed by atoms with van der Waals surface area (Å²) in [5, 5.41) is 6.45. The van der Waals surface area contributed by atoms with Crippen LogP contribution in [-0.2, 0) is 22.9 Å². The average molecular weight is 568 g/mol. The number of rotatable bonds is 7. The molecule has 0 aliphatic carbocycles. The fourth-order valence-electron chi connectivity index (χ4n) is 3.13. The number of aryl methyl sites for hydroxylation is 2. The molecule has 0 atom stereocenters. The van der Waals surface area contributed by atoms with E-state index in [0.29, 0.717) is 36.4 Å². The van der Waals surface area contributed by atoms with Crippen LogP contribution in [0.3, 0.4) is 0 Å². The second kappa shape index (κ2) is 11.5. The summed E-state index contributed by atoms with van der Waals surface area (Å²) < 4.78 is 29.2. The lowest BCUT2D eigenvalue weighted by Gasteiger charge is -2.10. The summed E-state index contributed by atoms with van der Waals surface area (Å²) in [5.74, 6) is 1.23. The Bertz CT molecular complexity index is 1170. The number of guanidine groups is 1. The van der Waals surface area contributed by atoms with Gasteiger partial charge in [-0.1, -0.05) is 29.8 Å². The Morgan fingerprint density at radius 1 is 1.09 bits per heavy atom. The molecule has 0 unspecified atom stereocenters. The third-order valence-corrected chi connectivity index (χ3v) is 5.95. The Hall–Kier alpha value is -2.40. The highest BCUT2D eigenvalue weighted by Crippen LogP contribution is 2.19. The van der Waals surface area contributed by atoms with Crippen LogP contribution in [0.2, 0.25) is 0 Å². The summed E-state index contributed by atoms with van der Waals surface area (Å²) in [4.78, 5) is 9.48. The summed E-state index contributed by atoms with van der Waals surface area (Å²) in [6, 6.07) is 13.3. The number of aromatic nitrogens is 1. The van der Waals surface area contributed by atoms with Crippen molar-refractivity contribution >= 4 is 39.8 Å². The smallest absolute Gasteiger partial charge is 0.226 e. The zero-order valence-electron chi connectivity index (χ0n) is 18.7. The van der Waals surface area contributed by atoms with E-state index in [0.717, 1.165) is 22.4 Å². The SMILES string of the molecule is CCNC(=NCc1ccc(S(C)(=O)=O)c(C)c1)NCc1coc(-c2ccc(C)cc2)n1.I. The van der Waals surface area contributed by atoms with E-state index in [1.54, 1.807) is 25.3 Å². The van der Waals surface area contributed by atoms with Gasteiger partial charge in [-0.25, -0.2) is 18.4 Å². The molecular weight excluding hydrogens is 539 g/mol. The van der Waals surface area contributed by atoms with Crippen LogP contribution in [0.25, 0.3) is 11.5 Å².